The van der Waals surface area contributed by atoms with E-state index in [-0.39, 0.29) is 5.69 Å². The number of para-hydroxylation sites is 1. The third-order valence-electron chi connectivity index (χ3n) is 1.20. The second-order valence-corrected chi connectivity index (χ2v) is 5.86. The highest BCUT2D eigenvalue weighted by atomic mass is 33.2. The van der Waals surface area contributed by atoms with Gasteiger partial charge in [0, 0.05) is 5.69 Å². The summed E-state index contributed by atoms with van der Waals surface area (Å²) in [6.07, 6.45) is 0. The van der Waals surface area contributed by atoms with Gasteiger partial charge in [-0.05, 0) is 12.1 Å². The molecule has 0 aliphatic rings. The average Bonchev–Trinajstić information content (AvgIpc) is 2.05. The quantitative estimate of drug-likeness (QED) is 0.577. The highest BCUT2D eigenvalue weighted by Gasteiger charge is 2.16. The zero-order chi connectivity index (χ0) is 9.90. The summed E-state index contributed by atoms with van der Waals surface area (Å²) >= 11 is 0. The first kappa shape index (κ1) is 10.2. The Balaban J connectivity index is 2.88. The molecule has 0 radical (unpaired) electrons. The molecule has 13 heavy (non-hydrogen) atoms. The lowest BCUT2D eigenvalue weighted by Gasteiger charge is -2.02. The molecule has 0 amide bonds. The Bertz CT molecular complexity index is 400. The van der Waals surface area contributed by atoms with Crippen molar-refractivity contribution in [3.8, 4) is 0 Å². The van der Waals surface area contributed by atoms with Crippen LogP contribution in [0.3, 0.4) is 0 Å². The Morgan fingerprint density at radius 2 is 1.77 bits per heavy atom. The minimum Gasteiger partial charge on any atom is -0.293 e. The minimum atomic E-state index is -4.17. The van der Waals surface area contributed by atoms with Crippen LogP contribution in [0.2, 0.25) is 0 Å². The highest BCUT2D eigenvalue weighted by Crippen LogP contribution is 2.08. The Morgan fingerprint density at radius 3 is 2.23 bits per heavy atom. The van der Waals surface area contributed by atoms with Gasteiger partial charge in [-0.15, -0.1) is 0 Å². The molecule has 1 aromatic rings. The first-order valence-electron chi connectivity index (χ1n) is 3.21. The Hall–Kier alpha value is -0.920. The summed E-state index contributed by atoms with van der Waals surface area (Å²) in [6, 6.07) is 7.87. The van der Waals surface area contributed by atoms with Crippen LogP contribution in [-0.4, -0.2) is 17.2 Å². The van der Waals surface area contributed by atoms with Gasteiger partial charge in [0.05, 0.1) is 0 Å². The molecule has 1 rings (SSSR count). The molecule has 0 fully saturated rings. The molecule has 2 N–H and O–H groups in total. The van der Waals surface area contributed by atoms with Crippen molar-refractivity contribution in [3.63, 3.8) is 0 Å². The highest BCUT2D eigenvalue weighted by molar-refractivity contribution is 8.62. The van der Waals surface area contributed by atoms with Crippen LogP contribution >= 0.6 is 0 Å². The van der Waals surface area contributed by atoms with E-state index in [9.17, 15) is 12.6 Å². The average molecular weight is 221 g/mol. The standard InChI is InChI=1S/C6H7NO4S2/c8-12(9)13(10,11)7-6-4-2-1-3-5-6/h1-5,7H,(H,8,9). The van der Waals surface area contributed by atoms with Gasteiger partial charge < -0.3 is 0 Å². The van der Waals surface area contributed by atoms with Gasteiger partial charge in [0.15, 0.2) is 0 Å². The van der Waals surface area contributed by atoms with Gasteiger partial charge in [-0.2, -0.15) is 8.42 Å². The summed E-state index contributed by atoms with van der Waals surface area (Å²) in [6.45, 7) is 0. The number of nitrogens with one attached hydrogen (secondary N) is 1. The molecule has 0 spiro atoms. The van der Waals surface area contributed by atoms with Crippen molar-refractivity contribution < 1.29 is 17.2 Å². The second kappa shape index (κ2) is 3.86. The van der Waals surface area contributed by atoms with E-state index in [1.165, 1.54) is 12.1 Å². The third kappa shape index (κ3) is 2.79. The van der Waals surface area contributed by atoms with Crippen LogP contribution < -0.4 is 4.72 Å². The zero-order valence-corrected chi connectivity index (χ0v) is 8.01. The summed E-state index contributed by atoms with van der Waals surface area (Å²) in [5.41, 5.74) is 0.255. The lowest BCUT2D eigenvalue weighted by atomic mass is 10.3. The SMILES string of the molecule is O=S(O)S(=O)(=O)Nc1ccccc1. The molecular weight excluding hydrogens is 214 g/mol. The normalized spacial score (nSPS) is 13.6. The Labute approximate surface area is 77.5 Å². The zero-order valence-electron chi connectivity index (χ0n) is 6.38. The van der Waals surface area contributed by atoms with Crippen molar-refractivity contribution in [2.45, 2.75) is 0 Å². The second-order valence-electron chi connectivity index (χ2n) is 2.14. The van der Waals surface area contributed by atoms with Gasteiger partial charge in [0.25, 0.3) is 10.1 Å². The number of anilines is 1. The molecule has 0 saturated heterocycles. The molecule has 0 aliphatic carbocycles. The third-order valence-corrected chi connectivity index (χ3v) is 3.44. The molecule has 7 heteroatoms. The van der Waals surface area contributed by atoms with Crippen molar-refractivity contribution in [2.24, 2.45) is 0 Å². The fourth-order valence-corrected chi connectivity index (χ4v) is 1.68. The molecule has 0 bridgehead atoms. The number of rotatable bonds is 3. The van der Waals surface area contributed by atoms with E-state index in [0.29, 0.717) is 0 Å². The maximum absolute atomic E-state index is 10.8. The van der Waals surface area contributed by atoms with E-state index in [1.54, 1.807) is 18.2 Å². The monoisotopic (exact) mass is 221 g/mol. The molecule has 0 aliphatic heterocycles. The predicted molar refractivity (Wildman–Crippen MR) is 49.8 cm³/mol. The van der Waals surface area contributed by atoms with Crippen LogP contribution in [0.1, 0.15) is 0 Å². The van der Waals surface area contributed by atoms with E-state index < -0.39 is 19.2 Å². The van der Waals surface area contributed by atoms with Gasteiger partial charge in [-0.25, -0.2) is 4.21 Å². The number of benzene rings is 1. The Kier molecular flexibility index (Phi) is 3.02. The molecule has 72 valence electrons. The molecular formula is C6H7NO4S2. The van der Waals surface area contributed by atoms with Crippen LogP contribution in [-0.2, 0) is 19.2 Å². The summed E-state index contributed by atoms with van der Waals surface area (Å²) < 4.78 is 42.3. The minimum absolute atomic E-state index is 0.255. The number of hydrogen-bond donors (Lipinski definition) is 2. The predicted octanol–water partition coefficient (Wildman–Crippen LogP) is 0.565. The van der Waals surface area contributed by atoms with E-state index in [1.807, 2.05) is 4.72 Å². The fourth-order valence-electron chi connectivity index (χ4n) is 0.686. The first-order chi connectivity index (χ1) is 6.02. The smallest absolute Gasteiger partial charge is 0.293 e. The molecule has 0 saturated carbocycles. The van der Waals surface area contributed by atoms with E-state index in [4.69, 9.17) is 4.55 Å². The lowest BCUT2D eigenvalue weighted by molar-refractivity contribution is 0.564. The maximum Gasteiger partial charge on any atom is 0.339 e. The van der Waals surface area contributed by atoms with Crippen LogP contribution in [0.5, 0.6) is 0 Å². The van der Waals surface area contributed by atoms with E-state index in [0.717, 1.165) is 0 Å². The van der Waals surface area contributed by atoms with E-state index >= 15 is 0 Å². The molecule has 1 atom stereocenters. The lowest BCUT2D eigenvalue weighted by Crippen LogP contribution is -2.17. The summed E-state index contributed by atoms with van der Waals surface area (Å²) in [4.78, 5) is 0. The summed E-state index contributed by atoms with van der Waals surface area (Å²) in [5, 5.41) is 0. The van der Waals surface area contributed by atoms with E-state index in [2.05, 4.69) is 0 Å². The molecule has 0 aromatic heterocycles. The van der Waals surface area contributed by atoms with Crippen LogP contribution in [0, 0.1) is 0 Å². The van der Waals surface area contributed by atoms with Crippen LogP contribution in [0.4, 0.5) is 5.69 Å². The fraction of sp³-hybridized carbons (Fsp3) is 0. The molecule has 1 aromatic carbocycles. The summed E-state index contributed by atoms with van der Waals surface area (Å²) in [7, 11) is -7.09. The van der Waals surface area contributed by atoms with Gasteiger partial charge in [-0.1, -0.05) is 18.2 Å². The van der Waals surface area contributed by atoms with Gasteiger partial charge in [0.2, 0.25) is 0 Å². The maximum atomic E-state index is 10.8. The molecule has 5 nitrogen and oxygen atoms in total. The Morgan fingerprint density at radius 1 is 1.23 bits per heavy atom. The van der Waals surface area contributed by atoms with Crippen molar-refractivity contribution in [1.29, 1.82) is 0 Å². The van der Waals surface area contributed by atoms with Crippen molar-refractivity contribution in [3.05, 3.63) is 30.3 Å². The largest absolute Gasteiger partial charge is 0.339 e. The number of hydrogen-bond acceptors (Lipinski definition) is 3. The van der Waals surface area contributed by atoms with Crippen LogP contribution in [0.25, 0.3) is 0 Å². The summed E-state index contributed by atoms with van der Waals surface area (Å²) in [5.74, 6) is 0. The van der Waals surface area contributed by atoms with Crippen LogP contribution in [0.15, 0.2) is 30.3 Å². The van der Waals surface area contributed by atoms with Gasteiger partial charge >= 0.3 is 9.06 Å². The topological polar surface area (TPSA) is 83.5 Å². The molecule has 1 unspecified atom stereocenters. The van der Waals surface area contributed by atoms with Crippen molar-refractivity contribution in [1.82, 2.24) is 0 Å². The van der Waals surface area contributed by atoms with Crippen molar-refractivity contribution >= 4 is 24.9 Å². The van der Waals surface area contributed by atoms with Gasteiger partial charge in [0.1, 0.15) is 0 Å². The van der Waals surface area contributed by atoms with Gasteiger partial charge in [-0.3, -0.25) is 9.27 Å². The molecule has 0 heterocycles. The van der Waals surface area contributed by atoms with Crippen molar-refractivity contribution in [2.75, 3.05) is 4.72 Å². The first-order valence-corrected chi connectivity index (χ1v) is 6.32.